The molecule has 2 aromatic heterocycles. The number of aromatic nitrogens is 1. The molecule has 0 radical (unpaired) electrons. The molecule has 0 unspecified atom stereocenters. The second-order valence-electron chi connectivity index (χ2n) is 7.09. The summed E-state index contributed by atoms with van der Waals surface area (Å²) >= 11 is 5.58. The van der Waals surface area contributed by atoms with Crippen molar-refractivity contribution in [2.24, 2.45) is 5.92 Å². The zero-order valence-corrected chi connectivity index (χ0v) is 17.1. The molecular formula is C21H25N3O3S. The molecule has 0 bridgehead atoms. The molecule has 148 valence electrons. The monoisotopic (exact) mass is 399 g/mol. The van der Waals surface area contributed by atoms with Gasteiger partial charge in [0.05, 0.1) is 32.0 Å². The van der Waals surface area contributed by atoms with Crippen LogP contribution in [0.15, 0.2) is 51.9 Å². The van der Waals surface area contributed by atoms with Gasteiger partial charge in [-0.3, -0.25) is 4.79 Å². The summed E-state index contributed by atoms with van der Waals surface area (Å²) in [6.07, 6.45) is 1.63. The van der Waals surface area contributed by atoms with Crippen LogP contribution in [0.4, 0.5) is 0 Å². The summed E-state index contributed by atoms with van der Waals surface area (Å²) in [5.41, 5.74) is 1.24. The van der Waals surface area contributed by atoms with Crippen LogP contribution < -0.4 is 15.6 Å². The summed E-state index contributed by atoms with van der Waals surface area (Å²) in [5, 5.41) is 4.81. The van der Waals surface area contributed by atoms with Gasteiger partial charge in [0.15, 0.2) is 5.11 Å². The molecule has 0 spiro atoms. The number of H-pyrrole nitrogens is 1. The van der Waals surface area contributed by atoms with Gasteiger partial charge in [-0.05, 0) is 53.9 Å². The Bertz CT molecular complexity index is 996. The van der Waals surface area contributed by atoms with Crippen LogP contribution in [-0.4, -0.2) is 28.7 Å². The summed E-state index contributed by atoms with van der Waals surface area (Å²) < 4.78 is 10.7. The number of thiocarbonyl (C=S) groups is 1. The summed E-state index contributed by atoms with van der Waals surface area (Å²) in [4.78, 5) is 17.5. The first-order valence-corrected chi connectivity index (χ1v) is 9.62. The van der Waals surface area contributed by atoms with Crippen LogP contribution >= 0.6 is 12.2 Å². The third-order valence-corrected chi connectivity index (χ3v) is 4.77. The van der Waals surface area contributed by atoms with Gasteiger partial charge in [-0.15, -0.1) is 0 Å². The Balaban J connectivity index is 1.87. The van der Waals surface area contributed by atoms with Crippen molar-refractivity contribution in [3.8, 4) is 5.75 Å². The van der Waals surface area contributed by atoms with Gasteiger partial charge in [-0.25, -0.2) is 0 Å². The van der Waals surface area contributed by atoms with Crippen LogP contribution in [0.1, 0.15) is 25.2 Å². The van der Waals surface area contributed by atoms with E-state index in [-0.39, 0.29) is 5.56 Å². The van der Waals surface area contributed by atoms with Crippen LogP contribution in [0.3, 0.4) is 0 Å². The molecule has 0 saturated heterocycles. The first-order chi connectivity index (χ1) is 13.5. The number of nitrogens with zero attached hydrogens (tertiary/aromatic N) is 1. The molecule has 0 aliphatic rings. The van der Waals surface area contributed by atoms with E-state index >= 15 is 0 Å². The number of aromatic amines is 1. The predicted molar refractivity (Wildman–Crippen MR) is 115 cm³/mol. The Labute approximate surface area is 169 Å². The van der Waals surface area contributed by atoms with Crippen molar-refractivity contribution in [3.05, 3.63) is 64.3 Å². The van der Waals surface area contributed by atoms with Gasteiger partial charge in [0, 0.05) is 18.2 Å². The molecule has 0 aliphatic heterocycles. The van der Waals surface area contributed by atoms with Crippen molar-refractivity contribution in [2.45, 2.75) is 26.9 Å². The number of fused-ring (bicyclic) bond motifs is 1. The number of nitrogens with one attached hydrogen (secondary N) is 2. The van der Waals surface area contributed by atoms with Crippen molar-refractivity contribution in [2.75, 3.05) is 13.7 Å². The molecule has 2 heterocycles. The second-order valence-corrected chi connectivity index (χ2v) is 7.48. The van der Waals surface area contributed by atoms with Crippen molar-refractivity contribution in [3.63, 3.8) is 0 Å². The number of benzene rings is 1. The fourth-order valence-corrected chi connectivity index (χ4v) is 3.08. The molecule has 6 nitrogen and oxygen atoms in total. The van der Waals surface area contributed by atoms with Crippen molar-refractivity contribution in [1.29, 1.82) is 0 Å². The Morgan fingerprint density at radius 2 is 2.11 bits per heavy atom. The normalized spacial score (nSPS) is 11.0. The lowest BCUT2D eigenvalue weighted by atomic mass is 10.1. The second kappa shape index (κ2) is 8.93. The van der Waals surface area contributed by atoms with Crippen LogP contribution in [0.5, 0.6) is 5.75 Å². The molecule has 3 aromatic rings. The minimum absolute atomic E-state index is 0.142. The van der Waals surface area contributed by atoms with Gasteiger partial charge in [0.25, 0.3) is 5.56 Å². The summed E-state index contributed by atoms with van der Waals surface area (Å²) in [6.45, 7) is 5.86. The summed E-state index contributed by atoms with van der Waals surface area (Å²) in [7, 11) is 1.60. The number of rotatable bonds is 7. The zero-order chi connectivity index (χ0) is 20.1. The average Bonchev–Trinajstić information content (AvgIpc) is 3.18. The van der Waals surface area contributed by atoms with E-state index in [0.717, 1.165) is 23.2 Å². The fourth-order valence-electron chi connectivity index (χ4n) is 2.87. The molecule has 0 saturated carbocycles. The van der Waals surface area contributed by atoms with Crippen LogP contribution in [0, 0.1) is 5.92 Å². The third-order valence-electron chi connectivity index (χ3n) is 4.37. The number of methoxy groups -OCH3 is 1. The van der Waals surface area contributed by atoms with Crippen molar-refractivity contribution >= 4 is 28.2 Å². The molecule has 0 fully saturated rings. The van der Waals surface area contributed by atoms with E-state index in [1.54, 1.807) is 13.4 Å². The highest BCUT2D eigenvalue weighted by Gasteiger charge is 2.15. The number of furan rings is 1. The fraction of sp³-hybridized carbons (Fsp3) is 0.333. The maximum Gasteiger partial charge on any atom is 0.253 e. The smallest absolute Gasteiger partial charge is 0.253 e. The standard InChI is InChI=1S/C21H25N3O3S/c1-14(2)11-22-21(28)24(13-18-5-4-8-27-18)12-16-9-15-6-7-17(26-3)10-19(15)23-20(16)25/h4-10,14H,11-13H2,1-3H3,(H,22,28)(H,23,25). The van der Waals surface area contributed by atoms with Gasteiger partial charge in [-0.1, -0.05) is 13.8 Å². The Kier molecular flexibility index (Phi) is 6.36. The Morgan fingerprint density at radius 3 is 2.79 bits per heavy atom. The molecule has 0 amide bonds. The maximum absolute atomic E-state index is 12.6. The highest BCUT2D eigenvalue weighted by molar-refractivity contribution is 7.80. The molecule has 3 rings (SSSR count). The number of ether oxygens (including phenoxy) is 1. The Morgan fingerprint density at radius 1 is 1.29 bits per heavy atom. The first-order valence-electron chi connectivity index (χ1n) is 9.21. The maximum atomic E-state index is 12.6. The molecule has 0 aliphatic carbocycles. The van der Waals surface area contributed by atoms with Crippen LogP contribution in [-0.2, 0) is 13.1 Å². The lowest BCUT2D eigenvalue weighted by Gasteiger charge is -2.25. The molecular weight excluding hydrogens is 374 g/mol. The lowest BCUT2D eigenvalue weighted by Crippen LogP contribution is -2.41. The number of hydrogen-bond acceptors (Lipinski definition) is 4. The summed E-state index contributed by atoms with van der Waals surface area (Å²) in [5.74, 6) is 1.95. The van der Waals surface area contributed by atoms with Gasteiger partial charge in [0.2, 0.25) is 0 Å². The van der Waals surface area contributed by atoms with Gasteiger partial charge >= 0.3 is 0 Å². The minimum Gasteiger partial charge on any atom is -0.497 e. The molecule has 1 aromatic carbocycles. The van der Waals surface area contributed by atoms with Crippen LogP contribution in [0.2, 0.25) is 0 Å². The van der Waals surface area contributed by atoms with Gasteiger partial charge < -0.3 is 24.4 Å². The topological polar surface area (TPSA) is 70.5 Å². The molecule has 7 heteroatoms. The predicted octanol–water partition coefficient (Wildman–Crippen LogP) is 3.66. The van der Waals surface area contributed by atoms with Crippen molar-refractivity contribution in [1.82, 2.24) is 15.2 Å². The minimum atomic E-state index is -0.142. The van der Waals surface area contributed by atoms with E-state index in [1.165, 1.54) is 0 Å². The van der Waals surface area contributed by atoms with Gasteiger partial charge in [0.1, 0.15) is 11.5 Å². The number of hydrogen-bond donors (Lipinski definition) is 2. The summed E-state index contributed by atoms with van der Waals surface area (Å²) in [6, 6.07) is 11.3. The first kappa shape index (κ1) is 19.9. The highest BCUT2D eigenvalue weighted by Crippen LogP contribution is 2.19. The van der Waals surface area contributed by atoms with Gasteiger partial charge in [-0.2, -0.15) is 0 Å². The highest BCUT2D eigenvalue weighted by atomic mass is 32.1. The van der Waals surface area contributed by atoms with Crippen LogP contribution in [0.25, 0.3) is 10.9 Å². The number of pyridine rings is 1. The van der Waals surface area contributed by atoms with E-state index in [0.29, 0.717) is 35.4 Å². The molecule has 0 atom stereocenters. The molecule has 2 N–H and O–H groups in total. The van der Waals surface area contributed by atoms with E-state index in [2.05, 4.69) is 24.1 Å². The molecule has 28 heavy (non-hydrogen) atoms. The Hall–Kier alpha value is -2.80. The van der Waals surface area contributed by atoms with Crippen molar-refractivity contribution < 1.29 is 9.15 Å². The van der Waals surface area contributed by atoms with E-state index in [1.807, 2.05) is 41.3 Å². The average molecular weight is 400 g/mol. The zero-order valence-electron chi connectivity index (χ0n) is 16.3. The quantitative estimate of drug-likeness (QED) is 0.591. The lowest BCUT2D eigenvalue weighted by molar-refractivity contribution is 0.348. The van der Waals surface area contributed by atoms with E-state index in [9.17, 15) is 4.79 Å². The van der Waals surface area contributed by atoms with E-state index < -0.39 is 0 Å². The third kappa shape index (κ3) is 4.92. The largest absolute Gasteiger partial charge is 0.497 e. The SMILES string of the molecule is COc1ccc2cc(CN(Cc3ccco3)C(=S)NCC(C)C)c(=O)[nH]c2c1. The van der Waals surface area contributed by atoms with E-state index in [4.69, 9.17) is 21.4 Å².